The van der Waals surface area contributed by atoms with E-state index < -0.39 is 0 Å². The molecule has 2 heterocycles. The molecule has 0 aromatic carbocycles. The molecule has 0 N–H and O–H groups in total. The molecule has 1 aliphatic rings. The fourth-order valence-electron chi connectivity index (χ4n) is 1.15. The van der Waals surface area contributed by atoms with Crippen molar-refractivity contribution >= 4 is 6.08 Å². The largest absolute Gasteiger partial charge is 0.446 e. The van der Waals surface area contributed by atoms with E-state index in [-0.39, 0.29) is 0 Å². The second-order valence-corrected chi connectivity index (χ2v) is 2.67. The summed E-state index contributed by atoms with van der Waals surface area (Å²) in [6, 6.07) is 1.95. The van der Waals surface area contributed by atoms with E-state index in [2.05, 4.69) is 18.0 Å². The van der Waals surface area contributed by atoms with Crippen molar-refractivity contribution in [1.29, 1.82) is 0 Å². The molecule has 1 aliphatic heterocycles. The SMILES string of the molecule is CC1C=c2ccoc2=NC1. The van der Waals surface area contributed by atoms with Crippen molar-refractivity contribution in [2.45, 2.75) is 6.92 Å². The summed E-state index contributed by atoms with van der Waals surface area (Å²) in [4.78, 5) is 4.24. The molecule has 10 heavy (non-hydrogen) atoms. The van der Waals surface area contributed by atoms with E-state index in [1.807, 2.05) is 6.07 Å². The highest BCUT2D eigenvalue weighted by Gasteiger charge is 2.02. The molecule has 2 nitrogen and oxygen atoms in total. The molecule has 1 unspecified atom stereocenters. The molecule has 2 heteroatoms. The number of nitrogens with zero attached hydrogens (tertiary/aromatic N) is 1. The molecule has 1 atom stereocenters. The normalized spacial score (nSPS) is 22.7. The number of rotatable bonds is 0. The Morgan fingerprint density at radius 1 is 1.70 bits per heavy atom. The van der Waals surface area contributed by atoms with Gasteiger partial charge in [-0.3, -0.25) is 4.99 Å². The Bertz CT molecular complexity index is 336. The van der Waals surface area contributed by atoms with E-state index in [0.717, 1.165) is 17.3 Å². The van der Waals surface area contributed by atoms with Crippen LogP contribution < -0.4 is 10.8 Å². The van der Waals surface area contributed by atoms with Crippen molar-refractivity contribution in [1.82, 2.24) is 0 Å². The molecule has 52 valence electrons. The van der Waals surface area contributed by atoms with Gasteiger partial charge in [0.15, 0.2) is 0 Å². The summed E-state index contributed by atoms with van der Waals surface area (Å²) in [5, 5.41) is 1.14. The number of fused-ring (bicyclic) bond motifs is 1. The van der Waals surface area contributed by atoms with E-state index in [1.165, 1.54) is 0 Å². The van der Waals surface area contributed by atoms with E-state index in [9.17, 15) is 0 Å². The zero-order valence-corrected chi connectivity index (χ0v) is 5.87. The summed E-state index contributed by atoms with van der Waals surface area (Å²) in [5.41, 5.74) is 0.790. The second-order valence-electron chi connectivity index (χ2n) is 2.67. The molecule has 0 saturated carbocycles. The minimum atomic E-state index is 0.560. The number of furan rings is 1. The Labute approximate surface area is 58.9 Å². The summed E-state index contributed by atoms with van der Waals surface area (Å²) >= 11 is 0. The lowest BCUT2D eigenvalue weighted by Crippen LogP contribution is -2.26. The van der Waals surface area contributed by atoms with Gasteiger partial charge in [-0.25, -0.2) is 0 Å². The summed E-state index contributed by atoms with van der Waals surface area (Å²) in [6.07, 6.45) is 3.87. The molecule has 0 radical (unpaired) electrons. The molecule has 2 rings (SSSR count). The highest BCUT2D eigenvalue weighted by atomic mass is 16.3. The average molecular weight is 135 g/mol. The van der Waals surface area contributed by atoms with E-state index in [4.69, 9.17) is 4.42 Å². The average Bonchev–Trinajstić information content (AvgIpc) is 2.33. The Kier molecular flexibility index (Phi) is 1.13. The predicted molar refractivity (Wildman–Crippen MR) is 38.0 cm³/mol. The van der Waals surface area contributed by atoms with Crippen molar-refractivity contribution < 1.29 is 4.42 Å². The highest BCUT2D eigenvalue weighted by Crippen LogP contribution is 1.98. The van der Waals surface area contributed by atoms with Crippen molar-refractivity contribution in [3.63, 3.8) is 0 Å². The van der Waals surface area contributed by atoms with E-state index in [0.29, 0.717) is 5.92 Å². The van der Waals surface area contributed by atoms with Gasteiger partial charge in [-0.2, -0.15) is 0 Å². The minimum Gasteiger partial charge on any atom is -0.446 e. The third-order valence-corrected chi connectivity index (χ3v) is 1.66. The first-order valence-electron chi connectivity index (χ1n) is 3.46. The van der Waals surface area contributed by atoms with Crippen LogP contribution in [0.5, 0.6) is 0 Å². The first kappa shape index (κ1) is 5.71. The van der Waals surface area contributed by atoms with Crippen LogP contribution in [0.2, 0.25) is 0 Å². The van der Waals surface area contributed by atoms with Gasteiger partial charge in [-0.05, 0) is 12.0 Å². The first-order chi connectivity index (χ1) is 4.86. The zero-order valence-electron chi connectivity index (χ0n) is 5.87. The summed E-state index contributed by atoms with van der Waals surface area (Å²) < 4.78 is 5.11. The van der Waals surface area contributed by atoms with Crippen molar-refractivity contribution in [2.24, 2.45) is 10.9 Å². The molecule has 0 aliphatic carbocycles. The van der Waals surface area contributed by atoms with Crippen LogP contribution in [0.4, 0.5) is 0 Å². The maximum absolute atomic E-state index is 5.11. The van der Waals surface area contributed by atoms with Crippen LogP contribution in [0.1, 0.15) is 6.92 Å². The van der Waals surface area contributed by atoms with Gasteiger partial charge in [0, 0.05) is 11.8 Å². The molecular weight excluding hydrogens is 126 g/mol. The molecule has 0 spiro atoms. The smallest absolute Gasteiger partial charge is 0.220 e. The van der Waals surface area contributed by atoms with Crippen molar-refractivity contribution in [3.8, 4) is 0 Å². The third kappa shape index (κ3) is 0.764. The number of hydrogen-bond donors (Lipinski definition) is 0. The molecule has 0 amide bonds. The summed E-state index contributed by atoms with van der Waals surface area (Å²) in [5.74, 6) is 0.560. The standard InChI is InChI=1S/C8H9NO/c1-6-4-7-2-3-10-8(7)9-5-6/h2-4,6H,5H2,1H3. The second kappa shape index (κ2) is 1.97. The van der Waals surface area contributed by atoms with Gasteiger partial charge >= 0.3 is 0 Å². The van der Waals surface area contributed by atoms with Crippen molar-refractivity contribution in [2.75, 3.05) is 6.54 Å². The summed E-state index contributed by atoms with van der Waals surface area (Å²) in [6.45, 7) is 3.01. The molecule has 0 saturated heterocycles. The van der Waals surface area contributed by atoms with E-state index >= 15 is 0 Å². The maximum Gasteiger partial charge on any atom is 0.220 e. The van der Waals surface area contributed by atoms with Crippen LogP contribution >= 0.6 is 0 Å². The van der Waals surface area contributed by atoms with Gasteiger partial charge in [0.1, 0.15) is 0 Å². The van der Waals surface area contributed by atoms with Gasteiger partial charge in [-0.1, -0.05) is 13.0 Å². The van der Waals surface area contributed by atoms with Gasteiger partial charge in [0.2, 0.25) is 5.55 Å². The topological polar surface area (TPSA) is 25.5 Å². The predicted octanol–water partition coefficient (Wildman–Crippen LogP) is 0.329. The zero-order chi connectivity index (χ0) is 6.97. The molecule has 1 aromatic heterocycles. The lowest BCUT2D eigenvalue weighted by molar-refractivity contribution is 0.494. The van der Waals surface area contributed by atoms with Crippen LogP contribution in [-0.4, -0.2) is 6.54 Å². The Morgan fingerprint density at radius 3 is 3.50 bits per heavy atom. The Hall–Kier alpha value is -1.05. The van der Waals surface area contributed by atoms with Crippen LogP contribution in [0, 0.1) is 5.92 Å². The van der Waals surface area contributed by atoms with Gasteiger partial charge in [-0.15, -0.1) is 0 Å². The minimum absolute atomic E-state index is 0.560. The van der Waals surface area contributed by atoms with Gasteiger partial charge in [0.25, 0.3) is 0 Å². The fourth-order valence-corrected chi connectivity index (χ4v) is 1.15. The number of hydrogen-bond acceptors (Lipinski definition) is 2. The van der Waals surface area contributed by atoms with Crippen LogP contribution in [-0.2, 0) is 0 Å². The van der Waals surface area contributed by atoms with E-state index in [1.54, 1.807) is 6.26 Å². The quantitative estimate of drug-likeness (QED) is 0.503. The van der Waals surface area contributed by atoms with Gasteiger partial charge < -0.3 is 4.42 Å². The van der Waals surface area contributed by atoms with Gasteiger partial charge in [0.05, 0.1) is 6.26 Å². The van der Waals surface area contributed by atoms with Crippen LogP contribution in [0.3, 0.4) is 0 Å². The molecule has 0 fully saturated rings. The van der Waals surface area contributed by atoms with Crippen LogP contribution in [0.15, 0.2) is 21.7 Å². The van der Waals surface area contributed by atoms with Crippen LogP contribution in [0.25, 0.3) is 6.08 Å². The molecular formula is C8H9NO. The summed E-state index contributed by atoms with van der Waals surface area (Å²) in [7, 11) is 0. The third-order valence-electron chi connectivity index (χ3n) is 1.66. The first-order valence-corrected chi connectivity index (χ1v) is 3.46. The lowest BCUT2D eigenvalue weighted by atomic mass is 10.1. The highest BCUT2D eigenvalue weighted by molar-refractivity contribution is 5.25. The lowest BCUT2D eigenvalue weighted by Gasteiger charge is -2.01. The molecule has 1 aromatic rings. The van der Waals surface area contributed by atoms with Crippen molar-refractivity contribution in [3.05, 3.63) is 23.1 Å². The monoisotopic (exact) mass is 135 g/mol. The Balaban J connectivity index is 2.73. The Morgan fingerprint density at radius 2 is 2.60 bits per heavy atom. The molecule has 0 bridgehead atoms. The fraction of sp³-hybridized carbons (Fsp3) is 0.375. The maximum atomic E-state index is 5.11.